The van der Waals surface area contributed by atoms with Crippen LogP contribution in [-0.2, 0) is 9.59 Å². The zero-order valence-corrected chi connectivity index (χ0v) is 14.0. The van der Waals surface area contributed by atoms with Gasteiger partial charge in [0.25, 0.3) is 5.91 Å². The van der Waals surface area contributed by atoms with Gasteiger partial charge in [-0.2, -0.15) is 0 Å². The molecule has 114 valence electrons. The van der Waals surface area contributed by atoms with Crippen LogP contribution in [0, 0.1) is 6.92 Å². The van der Waals surface area contributed by atoms with E-state index in [1.807, 2.05) is 13.8 Å². The van der Waals surface area contributed by atoms with Crippen molar-refractivity contribution in [1.29, 1.82) is 0 Å². The molecule has 1 saturated heterocycles. The van der Waals surface area contributed by atoms with E-state index >= 15 is 0 Å². The van der Waals surface area contributed by atoms with Crippen LogP contribution in [0.1, 0.15) is 32.8 Å². The highest BCUT2D eigenvalue weighted by molar-refractivity contribution is 6.36. The van der Waals surface area contributed by atoms with Crippen molar-refractivity contribution in [2.45, 2.75) is 45.7 Å². The van der Waals surface area contributed by atoms with E-state index in [1.165, 1.54) is 4.90 Å². The van der Waals surface area contributed by atoms with Crippen LogP contribution < -0.4 is 10.2 Å². The fourth-order valence-corrected chi connectivity index (χ4v) is 2.83. The van der Waals surface area contributed by atoms with Gasteiger partial charge < -0.3 is 5.32 Å². The number of hydrogen-bond acceptors (Lipinski definition) is 2. The maximum atomic E-state index is 12.8. The molecule has 6 heteroatoms. The van der Waals surface area contributed by atoms with Crippen molar-refractivity contribution in [1.82, 2.24) is 5.32 Å². The van der Waals surface area contributed by atoms with E-state index < -0.39 is 11.6 Å². The second-order valence-corrected chi connectivity index (χ2v) is 6.39. The summed E-state index contributed by atoms with van der Waals surface area (Å²) in [5, 5.41) is 3.70. The van der Waals surface area contributed by atoms with E-state index in [1.54, 1.807) is 26.0 Å². The van der Waals surface area contributed by atoms with Gasteiger partial charge in [-0.1, -0.05) is 30.1 Å². The van der Waals surface area contributed by atoms with E-state index in [9.17, 15) is 9.59 Å². The summed E-state index contributed by atoms with van der Waals surface area (Å²) < 4.78 is 0. The van der Waals surface area contributed by atoms with Crippen LogP contribution in [0.3, 0.4) is 0 Å². The van der Waals surface area contributed by atoms with Gasteiger partial charge in [-0.05, 0) is 44.9 Å². The number of amides is 2. The SMILES string of the molecule is CCC1(C)NC(=O)C(C)N(c2cc(Cl)c(C)cc2Cl)C1=O. The summed E-state index contributed by atoms with van der Waals surface area (Å²) in [6.45, 7) is 7.08. The number of carbonyl (C=O) groups excluding carboxylic acids is 2. The molecular formula is C15H18Cl2N2O2. The lowest BCUT2D eigenvalue weighted by molar-refractivity contribution is -0.137. The first-order chi connectivity index (χ1) is 9.71. The van der Waals surface area contributed by atoms with Crippen molar-refractivity contribution < 1.29 is 9.59 Å². The van der Waals surface area contributed by atoms with Crippen LogP contribution in [0.4, 0.5) is 5.69 Å². The van der Waals surface area contributed by atoms with Crippen LogP contribution in [0.2, 0.25) is 10.0 Å². The largest absolute Gasteiger partial charge is 0.340 e. The molecule has 1 N–H and O–H groups in total. The van der Waals surface area contributed by atoms with Gasteiger partial charge in [0.15, 0.2) is 0 Å². The van der Waals surface area contributed by atoms with Gasteiger partial charge in [-0.3, -0.25) is 14.5 Å². The lowest BCUT2D eigenvalue weighted by Crippen LogP contribution is -2.68. The van der Waals surface area contributed by atoms with Crippen molar-refractivity contribution >= 4 is 40.7 Å². The normalized spacial score (nSPS) is 26.0. The van der Waals surface area contributed by atoms with E-state index in [0.29, 0.717) is 22.2 Å². The Morgan fingerprint density at radius 3 is 2.48 bits per heavy atom. The molecule has 1 aromatic rings. The van der Waals surface area contributed by atoms with Crippen LogP contribution in [-0.4, -0.2) is 23.4 Å². The van der Waals surface area contributed by atoms with E-state index in [2.05, 4.69) is 5.32 Å². The molecule has 21 heavy (non-hydrogen) atoms. The molecule has 2 unspecified atom stereocenters. The molecule has 0 aliphatic carbocycles. The topological polar surface area (TPSA) is 49.4 Å². The van der Waals surface area contributed by atoms with Gasteiger partial charge in [0.2, 0.25) is 5.91 Å². The summed E-state index contributed by atoms with van der Waals surface area (Å²) in [4.78, 5) is 26.4. The number of carbonyl (C=O) groups is 2. The summed E-state index contributed by atoms with van der Waals surface area (Å²) in [7, 11) is 0. The molecule has 1 heterocycles. The smallest absolute Gasteiger partial charge is 0.253 e. The Labute approximate surface area is 134 Å². The van der Waals surface area contributed by atoms with Crippen LogP contribution in [0.15, 0.2) is 12.1 Å². The minimum Gasteiger partial charge on any atom is -0.340 e. The third-order valence-corrected chi connectivity index (χ3v) is 4.76. The first-order valence-electron chi connectivity index (χ1n) is 6.82. The van der Waals surface area contributed by atoms with Gasteiger partial charge in [-0.25, -0.2) is 0 Å². The van der Waals surface area contributed by atoms with Crippen LogP contribution in [0.5, 0.6) is 0 Å². The number of nitrogens with one attached hydrogen (secondary N) is 1. The fourth-order valence-electron chi connectivity index (χ4n) is 2.37. The molecule has 2 amide bonds. The second-order valence-electron chi connectivity index (χ2n) is 5.58. The molecule has 0 bridgehead atoms. The fraction of sp³-hybridized carbons (Fsp3) is 0.467. The molecule has 0 spiro atoms. The standard InChI is InChI=1S/C15H18Cl2N2O2/c1-5-15(4)14(21)19(9(3)13(20)18-15)12-7-10(16)8(2)6-11(12)17/h6-7,9H,5H2,1-4H3,(H,18,20). The average Bonchev–Trinajstić information content (AvgIpc) is 2.42. The summed E-state index contributed by atoms with van der Waals surface area (Å²) in [5.74, 6) is -0.384. The quantitative estimate of drug-likeness (QED) is 0.905. The van der Waals surface area contributed by atoms with Crippen molar-refractivity contribution in [3.63, 3.8) is 0 Å². The maximum absolute atomic E-state index is 12.8. The lowest BCUT2D eigenvalue weighted by Gasteiger charge is -2.43. The van der Waals surface area contributed by atoms with Crippen LogP contribution in [0.25, 0.3) is 0 Å². The molecule has 2 rings (SSSR count). The molecule has 0 aromatic heterocycles. The number of halogens is 2. The first kappa shape index (κ1) is 16.1. The zero-order chi connectivity index (χ0) is 15.9. The summed E-state index contributed by atoms with van der Waals surface area (Å²) >= 11 is 12.4. The molecule has 1 aliphatic heterocycles. The highest BCUT2D eigenvalue weighted by Gasteiger charge is 2.46. The highest BCUT2D eigenvalue weighted by Crippen LogP contribution is 2.36. The van der Waals surface area contributed by atoms with Gasteiger partial charge in [0.1, 0.15) is 11.6 Å². The number of rotatable bonds is 2. The number of hydrogen-bond donors (Lipinski definition) is 1. The Morgan fingerprint density at radius 1 is 1.29 bits per heavy atom. The predicted octanol–water partition coefficient (Wildman–Crippen LogP) is 3.32. The third-order valence-electron chi connectivity index (χ3n) is 4.05. The molecule has 1 aliphatic rings. The minimum absolute atomic E-state index is 0.182. The Morgan fingerprint density at radius 2 is 1.90 bits per heavy atom. The number of anilines is 1. The number of aryl methyl sites for hydroxylation is 1. The minimum atomic E-state index is -0.926. The van der Waals surface area contributed by atoms with Crippen molar-refractivity contribution in [2.24, 2.45) is 0 Å². The zero-order valence-electron chi connectivity index (χ0n) is 12.5. The highest BCUT2D eigenvalue weighted by atomic mass is 35.5. The number of benzene rings is 1. The Balaban J connectivity index is 2.57. The molecule has 1 aromatic carbocycles. The molecule has 1 fully saturated rings. The van der Waals surface area contributed by atoms with E-state index in [4.69, 9.17) is 23.2 Å². The molecule has 0 radical (unpaired) electrons. The van der Waals surface area contributed by atoms with Crippen LogP contribution >= 0.6 is 23.2 Å². The summed E-state index contributed by atoms with van der Waals surface area (Å²) in [5.41, 5.74) is 0.370. The van der Waals surface area contributed by atoms with Crippen molar-refractivity contribution in [2.75, 3.05) is 4.90 Å². The van der Waals surface area contributed by atoms with Gasteiger partial charge in [0.05, 0.1) is 10.7 Å². The van der Waals surface area contributed by atoms with Gasteiger partial charge in [-0.15, -0.1) is 0 Å². The number of piperazine rings is 1. The molecular weight excluding hydrogens is 311 g/mol. The van der Waals surface area contributed by atoms with Gasteiger partial charge in [0, 0.05) is 5.02 Å². The van der Waals surface area contributed by atoms with E-state index in [0.717, 1.165) is 5.56 Å². The molecule has 0 saturated carbocycles. The third kappa shape index (κ3) is 2.62. The van der Waals surface area contributed by atoms with Gasteiger partial charge >= 0.3 is 0 Å². The summed E-state index contributed by atoms with van der Waals surface area (Å²) in [6.07, 6.45) is 0.498. The van der Waals surface area contributed by atoms with E-state index in [-0.39, 0.29) is 11.8 Å². The Kier molecular flexibility index (Phi) is 4.22. The Bertz CT molecular complexity index is 618. The van der Waals surface area contributed by atoms with Crippen molar-refractivity contribution in [3.05, 3.63) is 27.7 Å². The molecule has 2 atom stereocenters. The monoisotopic (exact) mass is 328 g/mol. The molecule has 4 nitrogen and oxygen atoms in total. The maximum Gasteiger partial charge on any atom is 0.253 e. The van der Waals surface area contributed by atoms with Crippen molar-refractivity contribution in [3.8, 4) is 0 Å². The number of nitrogens with zero attached hydrogens (tertiary/aromatic N) is 1. The average molecular weight is 329 g/mol. The lowest BCUT2D eigenvalue weighted by atomic mass is 9.91. The summed E-state index contributed by atoms with van der Waals surface area (Å²) in [6, 6.07) is 2.71. The first-order valence-corrected chi connectivity index (χ1v) is 7.58. The predicted molar refractivity (Wildman–Crippen MR) is 85.0 cm³/mol. The Hall–Kier alpha value is -1.26. The second kappa shape index (κ2) is 5.50.